The lowest BCUT2D eigenvalue weighted by atomic mass is 10.0. The van der Waals surface area contributed by atoms with E-state index in [1.165, 1.54) is 18.2 Å². The molecule has 0 radical (unpaired) electrons. The molecule has 3 aromatic carbocycles. The van der Waals surface area contributed by atoms with Gasteiger partial charge >= 0.3 is 10.1 Å². The van der Waals surface area contributed by atoms with E-state index in [0.717, 1.165) is 22.4 Å². The summed E-state index contributed by atoms with van der Waals surface area (Å²) < 4.78 is 35.2. The molecule has 4 rings (SSSR count). The second-order valence-corrected chi connectivity index (χ2v) is 9.10. The molecule has 0 saturated carbocycles. The van der Waals surface area contributed by atoms with Crippen molar-refractivity contribution in [3.05, 3.63) is 89.6 Å². The van der Waals surface area contributed by atoms with E-state index in [-0.39, 0.29) is 23.9 Å². The lowest BCUT2D eigenvalue weighted by Crippen LogP contribution is -2.11. The van der Waals surface area contributed by atoms with Crippen molar-refractivity contribution in [2.24, 2.45) is 5.90 Å². The Hall–Kier alpha value is -3.70. The van der Waals surface area contributed by atoms with Gasteiger partial charge in [-0.3, -0.25) is 0 Å². The first kappa shape index (κ1) is 23.5. The fraction of sp³-hybridized carbons (Fsp3) is 0.125. The average molecular weight is 482 g/mol. The zero-order valence-electron chi connectivity index (χ0n) is 18.2. The number of benzene rings is 3. The minimum Gasteiger partial charge on any atom is -0.504 e. The van der Waals surface area contributed by atoms with E-state index in [1.54, 1.807) is 35.0 Å². The topological polar surface area (TPSA) is 137 Å². The Balaban J connectivity index is 1.74. The monoisotopic (exact) mass is 481 g/mol. The van der Waals surface area contributed by atoms with Crippen LogP contribution in [0, 0.1) is 6.92 Å². The molecule has 4 N–H and O–H groups in total. The lowest BCUT2D eigenvalue weighted by molar-refractivity contribution is 0.281. The molecule has 0 atom stereocenters. The van der Waals surface area contributed by atoms with E-state index in [9.17, 15) is 18.6 Å². The molecule has 0 aliphatic rings. The second kappa shape index (κ2) is 9.65. The highest BCUT2D eigenvalue weighted by Crippen LogP contribution is 2.29. The van der Waals surface area contributed by atoms with Crippen molar-refractivity contribution in [2.45, 2.75) is 25.0 Å². The van der Waals surface area contributed by atoms with Crippen LogP contribution >= 0.6 is 0 Å². The molecule has 0 bridgehead atoms. The van der Waals surface area contributed by atoms with E-state index in [2.05, 4.69) is 9.38 Å². The fourth-order valence-corrected chi connectivity index (χ4v) is 4.06. The molecule has 0 spiro atoms. The zero-order chi connectivity index (χ0) is 24.3. The minimum absolute atomic E-state index is 0.0243. The molecule has 0 fully saturated rings. The third-order valence-corrected chi connectivity index (χ3v) is 6.41. The van der Waals surface area contributed by atoms with Gasteiger partial charge in [0.15, 0.2) is 11.5 Å². The summed E-state index contributed by atoms with van der Waals surface area (Å²) in [6.07, 6.45) is 0. The van der Waals surface area contributed by atoms with E-state index < -0.39 is 10.1 Å². The van der Waals surface area contributed by atoms with Crippen molar-refractivity contribution in [2.75, 3.05) is 0 Å². The number of aliphatic hydroxyl groups is 1. The summed E-state index contributed by atoms with van der Waals surface area (Å²) in [7, 11) is -4.03. The Labute approximate surface area is 196 Å². The number of phenolic OH excluding ortho intramolecular Hbond substituents is 1. The van der Waals surface area contributed by atoms with Crippen molar-refractivity contribution in [3.8, 4) is 28.4 Å². The third kappa shape index (κ3) is 4.80. The fourth-order valence-electron chi connectivity index (χ4n) is 3.48. The molecule has 34 heavy (non-hydrogen) atoms. The highest BCUT2D eigenvalue weighted by Gasteiger charge is 2.17. The van der Waals surface area contributed by atoms with Crippen LogP contribution in [0.15, 0.2) is 77.7 Å². The molecule has 1 heterocycles. The van der Waals surface area contributed by atoms with Crippen LogP contribution in [-0.4, -0.2) is 28.4 Å². The van der Waals surface area contributed by atoms with Crippen molar-refractivity contribution in [1.29, 1.82) is 0 Å². The van der Waals surface area contributed by atoms with Crippen molar-refractivity contribution in [3.63, 3.8) is 0 Å². The van der Waals surface area contributed by atoms with Gasteiger partial charge in [0, 0.05) is 5.56 Å². The summed E-state index contributed by atoms with van der Waals surface area (Å²) in [6, 6.07) is 20.1. The molecule has 0 unspecified atom stereocenters. The number of para-hydroxylation sites is 2. The van der Waals surface area contributed by atoms with Crippen molar-refractivity contribution in [1.82, 2.24) is 9.78 Å². The summed E-state index contributed by atoms with van der Waals surface area (Å²) >= 11 is 0. The molecule has 0 amide bonds. The maximum absolute atomic E-state index is 11.9. The maximum atomic E-state index is 11.9. The normalized spacial score (nSPS) is 11.5. The third-order valence-electron chi connectivity index (χ3n) is 5.31. The van der Waals surface area contributed by atoms with Crippen LogP contribution in [0.25, 0.3) is 16.9 Å². The van der Waals surface area contributed by atoms with Gasteiger partial charge in [-0.25, -0.2) is 4.68 Å². The highest BCUT2D eigenvalue weighted by molar-refractivity contribution is 7.86. The second-order valence-electron chi connectivity index (χ2n) is 7.53. The van der Waals surface area contributed by atoms with Crippen LogP contribution in [0.1, 0.15) is 16.8 Å². The predicted molar refractivity (Wildman–Crippen MR) is 125 cm³/mol. The number of hydrogen-bond acceptors (Lipinski definition) is 8. The van der Waals surface area contributed by atoms with Crippen LogP contribution in [0.2, 0.25) is 0 Å². The Morgan fingerprint density at radius 3 is 2.41 bits per heavy atom. The number of aliphatic hydroxyl groups excluding tert-OH is 1. The van der Waals surface area contributed by atoms with Gasteiger partial charge in [-0.2, -0.15) is 23.7 Å². The van der Waals surface area contributed by atoms with Crippen LogP contribution in [0.4, 0.5) is 0 Å². The largest absolute Gasteiger partial charge is 0.504 e. The van der Waals surface area contributed by atoms with Gasteiger partial charge in [0.2, 0.25) is 0 Å². The highest BCUT2D eigenvalue weighted by atomic mass is 32.2. The van der Waals surface area contributed by atoms with E-state index >= 15 is 0 Å². The quantitative estimate of drug-likeness (QED) is 0.326. The smallest absolute Gasteiger partial charge is 0.312 e. The Bertz CT molecular complexity index is 1420. The lowest BCUT2D eigenvalue weighted by Gasteiger charge is -2.10. The molecule has 0 saturated heterocycles. The summed E-state index contributed by atoms with van der Waals surface area (Å²) in [5.74, 6) is 5.22. The molecule has 4 aromatic rings. The number of rotatable bonds is 8. The van der Waals surface area contributed by atoms with Gasteiger partial charge in [-0.1, -0.05) is 24.3 Å². The Morgan fingerprint density at radius 1 is 1.03 bits per heavy atom. The number of nitrogens with zero attached hydrogens (tertiary/aromatic N) is 2. The average Bonchev–Trinajstić information content (AvgIpc) is 3.28. The molecule has 0 aliphatic carbocycles. The standard InChI is InChI=1S/C24H23N3O6S/c1-16-12-17(6-7-18(16)14-28)22-13-19(15-32-24-5-3-2-4-23(24)29)26-27(22)20-8-10-21(11-9-20)34(30,31)33-25/h2-13,28-29H,14-15,25H2,1H3. The first-order chi connectivity index (χ1) is 16.3. The zero-order valence-corrected chi connectivity index (χ0v) is 19.1. The van der Waals surface area contributed by atoms with Crippen molar-refractivity contribution < 1.29 is 27.7 Å². The van der Waals surface area contributed by atoms with Gasteiger partial charge < -0.3 is 14.9 Å². The van der Waals surface area contributed by atoms with Gasteiger partial charge in [0.25, 0.3) is 0 Å². The van der Waals surface area contributed by atoms with Gasteiger partial charge in [-0.05, 0) is 66.6 Å². The summed E-state index contributed by atoms with van der Waals surface area (Å²) in [5.41, 5.74) is 4.50. The molecule has 10 heteroatoms. The van der Waals surface area contributed by atoms with Crippen LogP contribution < -0.4 is 10.6 Å². The molecule has 0 aliphatic heterocycles. The van der Waals surface area contributed by atoms with E-state index in [1.807, 2.05) is 31.2 Å². The van der Waals surface area contributed by atoms with Gasteiger partial charge in [0.1, 0.15) is 12.3 Å². The van der Waals surface area contributed by atoms with Gasteiger partial charge in [-0.15, -0.1) is 0 Å². The first-order valence-electron chi connectivity index (χ1n) is 10.3. The number of hydrogen-bond donors (Lipinski definition) is 3. The van der Waals surface area contributed by atoms with E-state index in [0.29, 0.717) is 17.1 Å². The number of aromatic nitrogens is 2. The molecule has 176 valence electrons. The van der Waals surface area contributed by atoms with Gasteiger partial charge in [0.05, 0.1) is 22.9 Å². The van der Waals surface area contributed by atoms with Crippen LogP contribution in [-0.2, 0) is 27.6 Å². The van der Waals surface area contributed by atoms with Crippen LogP contribution in [0.5, 0.6) is 11.5 Å². The first-order valence-corrected chi connectivity index (χ1v) is 11.7. The molecular weight excluding hydrogens is 458 g/mol. The summed E-state index contributed by atoms with van der Waals surface area (Å²) in [6.45, 7) is 1.94. The number of aromatic hydroxyl groups is 1. The Morgan fingerprint density at radius 2 is 1.76 bits per heavy atom. The van der Waals surface area contributed by atoms with E-state index in [4.69, 9.17) is 10.6 Å². The number of ether oxygens (including phenoxy) is 1. The minimum atomic E-state index is -4.03. The number of aryl methyl sites for hydroxylation is 1. The molecular formula is C24H23N3O6S. The SMILES string of the molecule is Cc1cc(-c2cc(COc3ccccc3O)nn2-c2ccc(S(=O)(=O)ON)cc2)ccc1CO. The maximum Gasteiger partial charge on any atom is 0.312 e. The van der Waals surface area contributed by atoms with Crippen LogP contribution in [0.3, 0.4) is 0 Å². The Kier molecular flexibility index (Phi) is 6.66. The summed E-state index contributed by atoms with van der Waals surface area (Å²) in [5, 5.41) is 24.1. The summed E-state index contributed by atoms with van der Waals surface area (Å²) in [4.78, 5) is -0.0845. The molecule has 9 nitrogen and oxygen atoms in total. The number of nitrogens with two attached hydrogens (primary N) is 1. The van der Waals surface area contributed by atoms with Crippen molar-refractivity contribution >= 4 is 10.1 Å². The predicted octanol–water partition coefficient (Wildman–Crippen LogP) is 3.20. The molecule has 1 aromatic heterocycles. The number of phenols is 1.